The second kappa shape index (κ2) is 6.02. The molecule has 1 aromatic carbocycles. The lowest BCUT2D eigenvalue weighted by atomic mass is 10.2. The summed E-state index contributed by atoms with van der Waals surface area (Å²) in [5, 5.41) is 3.17. The summed E-state index contributed by atoms with van der Waals surface area (Å²) < 4.78 is 11.9. The fraction of sp³-hybridized carbons (Fsp3) is 0.308. The molecule has 2 aromatic rings. The zero-order valence-corrected chi connectivity index (χ0v) is 12.0. The molecule has 2 rings (SSSR count). The van der Waals surface area contributed by atoms with Crippen LogP contribution in [0.15, 0.2) is 33.3 Å². The number of hydrogen-bond donors (Lipinski definition) is 1. The average molecular weight is 311 g/mol. The summed E-state index contributed by atoms with van der Waals surface area (Å²) >= 11 is 3.50. The zero-order valence-electron chi connectivity index (χ0n) is 10.4. The van der Waals surface area contributed by atoms with Crippen LogP contribution < -0.4 is 10.1 Å². The van der Waals surface area contributed by atoms with Crippen molar-refractivity contribution >= 4 is 15.9 Å². The Morgan fingerprint density at radius 2 is 2.28 bits per heavy atom. The molecule has 0 fully saturated rings. The van der Waals surface area contributed by atoms with Gasteiger partial charge in [-0.2, -0.15) is 0 Å². The number of rotatable bonds is 5. The third-order valence-corrected chi connectivity index (χ3v) is 3.21. The molecule has 4 nitrogen and oxygen atoms in total. The smallest absolute Gasteiger partial charge is 0.208 e. The molecule has 96 valence electrons. The summed E-state index contributed by atoms with van der Waals surface area (Å²) in [6, 6.07) is 5.74. The topological polar surface area (TPSA) is 47.3 Å². The predicted molar refractivity (Wildman–Crippen MR) is 73.6 cm³/mol. The van der Waals surface area contributed by atoms with E-state index < -0.39 is 0 Å². The lowest BCUT2D eigenvalue weighted by Crippen LogP contribution is -2.11. The number of benzene rings is 1. The molecule has 1 heterocycles. The van der Waals surface area contributed by atoms with Gasteiger partial charge in [-0.25, -0.2) is 4.98 Å². The molecule has 0 saturated heterocycles. The summed E-state index contributed by atoms with van der Waals surface area (Å²) in [6.07, 6.45) is 1.73. The largest absolute Gasteiger partial charge is 0.497 e. The van der Waals surface area contributed by atoms with Crippen LogP contribution in [0.3, 0.4) is 0 Å². The highest BCUT2D eigenvalue weighted by Crippen LogP contribution is 2.32. The zero-order chi connectivity index (χ0) is 13.0. The number of methoxy groups -OCH3 is 1. The molecule has 0 aliphatic heterocycles. The minimum absolute atomic E-state index is 0.637. The SMILES string of the molecule is CCNCc1ncc(-c2cc(OC)ccc2Br)o1. The van der Waals surface area contributed by atoms with Gasteiger partial charge in [0, 0.05) is 10.0 Å². The van der Waals surface area contributed by atoms with Crippen molar-refractivity contribution in [3.8, 4) is 17.1 Å². The normalized spacial score (nSPS) is 10.6. The maximum atomic E-state index is 5.69. The van der Waals surface area contributed by atoms with E-state index in [-0.39, 0.29) is 0 Å². The number of hydrogen-bond acceptors (Lipinski definition) is 4. The van der Waals surface area contributed by atoms with Crippen LogP contribution in [0.25, 0.3) is 11.3 Å². The fourth-order valence-corrected chi connectivity index (χ4v) is 2.01. The molecular weight excluding hydrogens is 296 g/mol. The van der Waals surface area contributed by atoms with Crippen LogP contribution in [-0.4, -0.2) is 18.6 Å². The van der Waals surface area contributed by atoms with Crippen molar-refractivity contribution in [3.05, 3.63) is 34.8 Å². The number of halogens is 1. The van der Waals surface area contributed by atoms with Gasteiger partial charge in [0.15, 0.2) is 5.76 Å². The lowest BCUT2D eigenvalue weighted by molar-refractivity contribution is 0.414. The Morgan fingerprint density at radius 3 is 3.00 bits per heavy atom. The van der Waals surface area contributed by atoms with E-state index in [1.165, 1.54) is 0 Å². The Bertz CT molecular complexity index is 525. The molecule has 0 saturated carbocycles. The van der Waals surface area contributed by atoms with Crippen molar-refractivity contribution in [2.75, 3.05) is 13.7 Å². The molecular formula is C13H15BrN2O2. The van der Waals surface area contributed by atoms with E-state index in [1.807, 2.05) is 25.1 Å². The molecule has 1 aromatic heterocycles. The van der Waals surface area contributed by atoms with Gasteiger partial charge in [0.25, 0.3) is 0 Å². The Labute approximate surface area is 114 Å². The van der Waals surface area contributed by atoms with Gasteiger partial charge in [-0.3, -0.25) is 0 Å². The first kappa shape index (κ1) is 13.1. The maximum Gasteiger partial charge on any atom is 0.208 e. The van der Waals surface area contributed by atoms with E-state index in [0.29, 0.717) is 12.4 Å². The second-order valence-corrected chi connectivity index (χ2v) is 4.60. The van der Waals surface area contributed by atoms with Crippen molar-refractivity contribution in [2.24, 2.45) is 0 Å². The number of nitrogens with zero attached hydrogens (tertiary/aromatic N) is 1. The van der Waals surface area contributed by atoms with E-state index in [2.05, 4.69) is 26.2 Å². The molecule has 0 aliphatic rings. The molecule has 0 amide bonds. The van der Waals surface area contributed by atoms with Gasteiger partial charge in [0.2, 0.25) is 5.89 Å². The molecule has 0 aliphatic carbocycles. The van der Waals surface area contributed by atoms with E-state index in [4.69, 9.17) is 9.15 Å². The fourth-order valence-electron chi connectivity index (χ4n) is 1.57. The van der Waals surface area contributed by atoms with Crippen LogP contribution >= 0.6 is 15.9 Å². The van der Waals surface area contributed by atoms with Crippen molar-refractivity contribution in [3.63, 3.8) is 0 Å². The minimum Gasteiger partial charge on any atom is -0.497 e. The van der Waals surface area contributed by atoms with Crippen LogP contribution in [0.1, 0.15) is 12.8 Å². The van der Waals surface area contributed by atoms with Crippen LogP contribution in [0, 0.1) is 0 Å². The standard InChI is InChI=1S/C13H15BrN2O2/c1-3-15-8-13-16-7-12(18-13)10-6-9(17-2)4-5-11(10)14/h4-7,15H,3,8H2,1-2H3. The summed E-state index contributed by atoms with van der Waals surface area (Å²) in [5.74, 6) is 2.20. The van der Waals surface area contributed by atoms with Gasteiger partial charge in [0.1, 0.15) is 5.75 Å². The monoisotopic (exact) mass is 310 g/mol. The highest BCUT2D eigenvalue weighted by molar-refractivity contribution is 9.10. The van der Waals surface area contributed by atoms with Gasteiger partial charge in [-0.1, -0.05) is 22.9 Å². The van der Waals surface area contributed by atoms with E-state index in [0.717, 1.165) is 28.1 Å². The maximum absolute atomic E-state index is 5.69. The van der Waals surface area contributed by atoms with E-state index >= 15 is 0 Å². The number of aromatic nitrogens is 1. The Kier molecular flexibility index (Phi) is 4.38. The van der Waals surface area contributed by atoms with Gasteiger partial charge in [-0.05, 0) is 24.7 Å². The summed E-state index contributed by atoms with van der Waals surface area (Å²) in [5.41, 5.74) is 0.935. The summed E-state index contributed by atoms with van der Waals surface area (Å²) in [6.45, 7) is 3.57. The van der Waals surface area contributed by atoms with Crippen molar-refractivity contribution in [1.82, 2.24) is 10.3 Å². The first-order valence-electron chi connectivity index (χ1n) is 5.74. The molecule has 0 unspecified atom stereocenters. The van der Waals surface area contributed by atoms with Crippen molar-refractivity contribution in [2.45, 2.75) is 13.5 Å². The lowest BCUT2D eigenvalue weighted by Gasteiger charge is -2.04. The van der Waals surface area contributed by atoms with Crippen LogP contribution in [0.4, 0.5) is 0 Å². The molecule has 0 atom stereocenters. The number of nitrogens with one attached hydrogen (secondary N) is 1. The third kappa shape index (κ3) is 2.91. The average Bonchev–Trinajstić information content (AvgIpc) is 2.85. The van der Waals surface area contributed by atoms with Gasteiger partial charge in [0.05, 0.1) is 19.9 Å². The van der Waals surface area contributed by atoms with E-state index in [9.17, 15) is 0 Å². The molecule has 18 heavy (non-hydrogen) atoms. The predicted octanol–water partition coefficient (Wildman–Crippen LogP) is 3.22. The Balaban J connectivity index is 2.27. The number of oxazole rings is 1. The van der Waals surface area contributed by atoms with Crippen LogP contribution in [0.5, 0.6) is 5.75 Å². The minimum atomic E-state index is 0.637. The first-order valence-corrected chi connectivity index (χ1v) is 6.53. The van der Waals surface area contributed by atoms with Gasteiger partial charge >= 0.3 is 0 Å². The molecule has 0 spiro atoms. The van der Waals surface area contributed by atoms with Crippen molar-refractivity contribution in [1.29, 1.82) is 0 Å². The van der Waals surface area contributed by atoms with Gasteiger partial charge in [-0.15, -0.1) is 0 Å². The van der Waals surface area contributed by atoms with E-state index in [1.54, 1.807) is 13.3 Å². The van der Waals surface area contributed by atoms with Gasteiger partial charge < -0.3 is 14.5 Å². The third-order valence-electron chi connectivity index (χ3n) is 2.52. The van der Waals surface area contributed by atoms with Crippen LogP contribution in [0.2, 0.25) is 0 Å². The molecule has 5 heteroatoms. The quantitative estimate of drug-likeness (QED) is 0.921. The molecule has 0 bridgehead atoms. The van der Waals surface area contributed by atoms with Crippen molar-refractivity contribution < 1.29 is 9.15 Å². The molecule has 0 radical (unpaired) electrons. The number of ether oxygens (including phenoxy) is 1. The first-order chi connectivity index (χ1) is 8.74. The highest BCUT2D eigenvalue weighted by Gasteiger charge is 2.10. The summed E-state index contributed by atoms with van der Waals surface area (Å²) in [4.78, 5) is 4.24. The molecule has 1 N–H and O–H groups in total. The Morgan fingerprint density at radius 1 is 1.44 bits per heavy atom. The summed E-state index contributed by atoms with van der Waals surface area (Å²) in [7, 11) is 1.64. The highest BCUT2D eigenvalue weighted by atomic mass is 79.9. The Hall–Kier alpha value is -1.33. The second-order valence-electron chi connectivity index (χ2n) is 3.74. The van der Waals surface area contributed by atoms with Crippen LogP contribution in [-0.2, 0) is 6.54 Å².